The Balaban J connectivity index is 1.72. The van der Waals surface area contributed by atoms with Gasteiger partial charge < -0.3 is 46.6 Å². The third kappa shape index (κ3) is 3.56. The first-order valence-electron chi connectivity index (χ1n) is 12.7. The predicted octanol–water partition coefficient (Wildman–Crippen LogP) is -0.947. The van der Waals surface area contributed by atoms with Crippen LogP contribution in [0.2, 0.25) is 0 Å². The Morgan fingerprint density at radius 2 is 1.73 bits per heavy atom. The van der Waals surface area contributed by atoms with Crippen LogP contribution in [0.5, 0.6) is 5.75 Å². The number of rotatable bonds is 3. The lowest BCUT2D eigenvalue weighted by atomic mass is 9.55. The van der Waals surface area contributed by atoms with Crippen molar-refractivity contribution in [1.29, 1.82) is 0 Å². The van der Waals surface area contributed by atoms with Crippen LogP contribution >= 0.6 is 0 Å². The van der Waals surface area contributed by atoms with Crippen molar-refractivity contribution in [2.75, 3.05) is 32.5 Å². The normalized spacial score (nSPS) is 31.8. The molecule has 40 heavy (non-hydrogen) atoms. The summed E-state index contributed by atoms with van der Waals surface area (Å²) in [5.41, 5.74) is -0.236. The van der Waals surface area contributed by atoms with Gasteiger partial charge in [-0.1, -0.05) is 0 Å². The molecule has 5 rings (SSSR count). The molecule has 0 bridgehead atoms. The van der Waals surface area contributed by atoms with Crippen LogP contribution in [0.4, 0.5) is 10.5 Å². The number of phenols is 1. The first-order valence-corrected chi connectivity index (χ1v) is 12.7. The number of anilines is 1. The van der Waals surface area contributed by atoms with Gasteiger partial charge in [0.1, 0.15) is 22.8 Å². The summed E-state index contributed by atoms with van der Waals surface area (Å²) in [5.74, 6) is -10.3. The Morgan fingerprint density at radius 3 is 2.30 bits per heavy atom. The molecular formula is C26H30N4O10. The number of hydrogen-bond acceptors (Lipinski definition) is 11. The number of nitrogens with two attached hydrogens (primary N) is 1. The number of phenolic OH excluding ortho intramolecular Hbond substituents is 1. The number of aliphatic hydroxyl groups excluding tert-OH is 4. The Morgan fingerprint density at radius 1 is 1.10 bits per heavy atom. The minimum Gasteiger partial charge on any atom is -0.508 e. The van der Waals surface area contributed by atoms with Crippen LogP contribution in [0.25, 0.3) is 5.76 Å². The predicted molar refractivity (Wildman–Crippen MR) is 137 cm³/mol. The molecule has 2 fully saturated rings. The molecule has 14 heteroatoms. The maximum atomic E-state index is 13.9. The quantitative estimate of drug-likeness (QED) is 0.166. The van der Waals surface area contributed by atoms with Crippen LogP contribution in [0.1, 0.15) is 30.1 Å². The van der Waals surface area contributed by atoms with Crippen molar-refractivity contribution in [3.63, 3.8) is 0 Å². The molecule has 1 heterocycles. The number of nitrogens with zero attached hydrogens (tertiary/aromatic N) is 2. The summed E-state index contributed by atoms with van der Waals surface area (Å²) in [6, 6.07) is 0.351. The topological polar surface area (TPSA) is 234 Å². The Labute approximate surface area is 227 Å². The number of amides is 3. The maximum absolute atomic E-state index is 13.9. The number of carbonyl (C=O) groups is 4. The third-order valence-electron chi connectivity index (χ3n) is 8.38. The Hall–Kier alpha value is -3.98. The minimum atomic E-state index is -3.10. The molecule has 1 aromatic carbocycles. The summed E-state index contributed by atoms with van der Waals surface area (Å²) in [6.07, 6.45) is -2.20. The van der Waals surface area contributed by atoms with Crippen LogP contribution < -0.4 is 11.1 Å². The van der Waals surface area contributed by atoms with E-state index in [4.69, 9.17) is 5.73 Å². The fourth-order valence-electron chi connectivity index (χ4n) is 6.55. The van der Waals surface area contributed by atoms with Gasteiger partial charge in [0.15, 0.2) is 11.4 Å². The van der Waals surface area contributed by atoms with E-state index in [1.54, 1.807) is 0 Å². The van der Waals surface area contributed by atoms with E-state index >= 15 is 0 Å². The number of urea groups is 1. The van der Waals surface area contributed by atoms with E-state index in [-0.39, 0.29) is 11.3 Å². The van der Waals surface area contributed by atoms with Gasteiger partial charge >= 0.3 is 6.03 Å². The van der Waals surface area contributed by atoms with Crippen molar-refractivity contribution in [3.8, 4) is 5.75 Å². The first-order chi connectivity index (χ1) is 18.7. The number of likely N-dealkylation sites (tertiary alicyclic amines) is 1. The molecule has 6 unspecified atom stereocenters. The van der Waals surface area contributed by atoms with Crippen molar-refractivity contribution in [2.45, 2.75) is 36.7 Å². The summed E-state index contributed by atoms with van der Waals surface area (Å²) >= 11 is 0. The van der Waals surface area contributed by atoms with Crippen LogP contribution in [0.15, 0.2) is 29.0 Å². The number of carbonyl (C=O) groups excluding carboxylic acids is 4. The average molecular weight is 559 g/mol. The van der Waals surface area contributed by atoms with Crippen LogP contribution in [-0.4, -0.2) is 109 Å². The molecule has 3 aliphatic carbocycles. The lowest BCUT2D eigenvalue weighted by molar-refractivity contribution is -0.173. The van der Waals surface area contributed by atoms with Gasteiger partial charge in [-0.05, 0) is 39.1 Å². The van der Waals surface area contributed by atoms with Crippen LogP contribution in [0.3, 0.4) is 0 Å². The summed E-state index contributed by atoms with van der Waals surface area (Å²) in [4.78, 5) is 54.8. The lowest BCUT2D eigenvalue weighted by Crippen LogP contribution is -2.70. The van der Waals surface area contributed by atoms with Gasteiger partial charge in [0.05, 0.1) is 29.7 Å². The van der Waals surface area contributed by atoms with Gasteiger partial charge in [0.25, 0.3) is 5.91 Å². The van der Waals surface area contributed by atoms with Gasteiger partial charge in [0, 0.05) is 35.8 Å². The number of fused-ring (bicyclic) bond motifs is 3. The summed E-state index contributed by atoms with van der Waals surface area (Å²) in [6.45, 7) is 1.01. The molecule has 0 radical (unpaired) electrons. The van der Waals surface area contributed by atoms with Crippen molar-refractivity contribution >= 4 is 35.0 Å². The van der Waals surface area contributed by atoms with Crippen LogP contribution in [-0.2, 0) is 14.4 Å². The number of nitrogens with one attached hydrogen (secondary N) is 1. The molecule has 14 nitrogen and oxygen atoms in total. The highest BCUT2D eigenvalue weighted by Crippen LogP contribution is 2.56. The Kier molecular flexibility index (Phi) is 6.41. The molecular weight excluding hydrogens is 528 g/mol. The van der Waals surface area contributed by atoms with E-state index < -0.39 is 93.2 Å². The summed E-state index contributed by atoms with van der Waals surface area (Å²) in [7, 11) is 2.75. The van der Waals surface area contributed by atoms with Crippen molar-refractivity contribution < 1.29 is 49.8 Å². The molecule has 4 aliphatic rings. The van der Waals surface area contributed by atoms with E-state index in [1.807, 2.05) is 0 Å². The SMILES string of the molecule is CN(C)C1C(=O)C(C(N)=O)=C(O)C2(O)C(=O)C3=C(O)c4c(O)ccc(NC(=O)N5CCCC5)c4C(O)C3C(O)C12. The van der Waals surface area contributed by atoms with Crippen molar-refractivity contribution in [2.24, 2.45) is 17.6 Å². The highest BCUT2D eigenvalue weighted by atomic mass is 16.4. The molecule has 1 saturated carbocycles. The molecule has 3 amide bonds. The third-order valence-corrected chi connectivity index (χ3v) is 8.38. The number of aromatic hydroxyl groups is 1. The number of hydrogen-bond donors (Lipinski definition) is 8. The van der Waals surface area contributed by atoms with Gasteiger partial charge in [-0.25, -0.2) is 4.79 Å². The zero-order chi connectivity index (χ0) is 29.4. The Bertz CT molecular complexity index is 1410. The number of benzene rings is 1. The fourth-order valence-corrected chi connectivity index (χ4v) is 6.55. The highest BCUT2D eigenvalue weighted by molar-refractivity contribution is 6.24. The smallest absolute Gasteiger partial charge is 0.321 e. The molecule has 9 N–H and O–H groups in total. The molecule has 214 valence electrons. The largest absolute Gasteiger partial charge is 0.508 e. The number of primary amides is 1. The second-order valence-corrected chi connectivity index (χ2v) is 10.8. The molecule has 1 aliphatic heterocycles. The van der Waals surface area contributed by atoms with E-state index in [0.29, 0.717) is 13.1 Å². The number of ketones is 2. The molecule has 0 aromatic heterocycles. The lowest BCUT2D eigenvalue weighted by Gasteiger charge is -2.53. The molecule has 1 aromatic rings. The number of Topliss-reactive ketones (excluding diaryl/α,β-unsaturated/α-hetero) is 2. The molecule has 0 spiro atoms. The summed E-state index contributed by atoms with van der Waals surface area (Å²) < 4.78 is 0. The minimum absolute atomic E-state index is 0.00841. The molecule has 1 saturated heterocycles. The fraction of sp³-hybridized carbons (Fsp3) is 0.462. The van der Waals surface area contributed by atoms with Crippen LogP contribution in [0, 0.1) is 11.8 Å². The van der Waals surface area contributed by atoms with Gasteiger partial charge in [-0.15, -0.1) is 0 Å². The zero-order valence-corrected chi connectivity index (χ0v) is 21.7. The van der Waals surface area contributed by atoms with E-state index in [0.717, 1.165) is 18.9 Å². The highest BCUT2D eigenvalue weighted by Gasteiger charge is 2.68. The zero-order valence-electron chi connectivity index (χ0n) is 21.7. The molecule has 6 atom stereocenters. The standard InChI is InChI=1S/C26H30N4O10/c1-29(2)17-16-20(34)13-14(22(36)26(16,40)23(37)15(21(17)35)24(27)38)19(33)12-10(31)6-5-9(11(12)18(13)32)28-25(39)30-7-3-4-8-30/h5-6,13,16-18,20,31-34,37,40H,3-4,7-8H2,1-2H3,(H2,27,38)(H,28,39). The van der Waals surface area contributed by atoms with E-state index in [1.165, 1.54) is 30.0 Å². The van der Waals surface area contributed by atoms with Gasteiger partial charge in [-0.2, -0.15) is 0 Å². The monoisotopic (exact) mass is 558 g/mol. The van der Waals surface area contributed by atoms with E-state index in [2.05, 4.69) is 5.32 Å². The second-order valence-electron chi connectivity index (χ2n) is 10.8. The van der Waals surface area contributed by atoms with Crippen molar-refractivity contribution in [3.05, 3.63) is 40.2 Å². The first kappa shape index (κ1) is 27.6. The average Bonchev–Trinajstić information content (AvgIpc) is 3.42. The van der Waals surface area contributed by atoms with Gasteiger partial charge in [-0.3, -0.25) is 19.3 Å². The van der Waals surface area contributed by atoms with Gasteiger partial charge in [0.2, 0.25) is 5.78 Å². The van der Waals surface area contributed by atoms with Crippen molar-refractivity contribution in [1.82, 2.24) is 9.80 Å². The van der Waals surface area contributed by atoms with E-state index in [9.17, 15) is 49.8 Å². The maximum Gasteiger partial charge on any atom is 0.321 e. The summed E-state index contributed by atoms with van der Waals surface area (Å²) in [5, 5.41) is 70.2. The second kappa shape index (κ2) is 9.30. The number of likely N-dealkylation sites (N-methyl/N-ethyl adjacent to an activating group) is 1. The number of aliphatic hydroxyl groups is 5.